The van der Waals surface area contributed by atoms with Crippen LogP contribution in [-0.4, -0.2) is 29.2 Å². The van der Waals surface area contributed by atoms with E-state index < -0.39 is 16.7 Å². The smallest absolute Gasteiger partial charge is 0.294 e. The van der Waals surface area contributed by atoms with Crippen LogP contribution in [0.3, 0.4) is 0 Å². The molecule has 0 spiro atoms. The van der Waals surface area contributed by atoms with Crippen molar-refractivity contribution in [2.24, 2.45) is 5.73 Å². The molecule has 0 heterocycles. The van der Waals surface area contributed by atoms with Gasteiger partial charge < -0.3 is 15.9 Å². The predicted molar refractivity (Wildman–Crippen MR) is 62.7 cm³/mol. The standard InChI is InChI=1S/C10H21N3O4/c1-8(17-13(15)16)5-4-6-9(14)12-7-10(2,3)11/h8H,4-7,11H2,1-3H3,(H,12,14). The lowest BCUT2D eigenvalue weighted by molar-refractivity contribution is -0.767. The Labute approximate surface area is 101 Å². The van der Waals surface area contributed by atoms with Crippen molar-refractivity contribution in [2.45, 2.75) is 51.7 Å². The van der Waals surface area contributed by atoms with Gasteiger partial charge in [-0.2, -0.15) is 0 Å². The molecule has 100 valence electrons. The third kappa shape index (κ3) is 10.9. The summed E-state index contributed by atoms with van der Waals surface area (Å²) in [6, 6.07) is 0. The largest absolute Gasteiger partial charge is 0.354 e. The predicted octanol–water partition coefficient (Wildman–Crippen LogP) is 0.607. The number of rotatable bonds is 8. The molecular formula is C10H21N3O4. The van der Waals surface area contributed by atoms with Crippen molar-refractivity contribution >= 4 is 5.91 Å². The third-order valence-electron chi connectivity index (χ3n) is 2.02. The maximum atomic E-state index is 11.4. The minimum Gasteiger partial charge on any atom is -0.354 e. The molecule has 1 amide bonds. The van der Waals surface area contributed by atoms with Crippen LogP contribution in [0.1, 0.15) is 40.0 Å². The molecule has 0 bridgehead atoms. The molecule has 0 aliphatic heterocycles. The van der Waals surface area contributed by atoms with Crippen molar-refractivity contribution in [1.82, 2.24) is 5.32 Å². The lowest BCUT2D eigenvalue weighted by Crippen LogP contribution is -2.45. The van der Waals surface area contributed by atoms with Crippen molar-refractivity contribution in [3.05, 3.63) is 10.1 Å². The van der Waals surface area contributed by atoms with E-state index in [1.807, 2.05) is 13.8 Å². The molecule has 0 saturated carbocycles. The topological polar surface area (TPSA) is 107 Å². The van der Waals surface area contributed by atoms with Gasteiger partial charge in [0.25, 0.3) is 5.09 Å². The van der Waals surface area contributed by atoms with E-state index in [2.05, 4.69) is 10.2 Å². The van der Waals surface area contributed by atoms with Gasteiger partial charge in [-0.15, -0.1) is 10.1 Å². The van der Waals surface area contributed by atoms with E-state index in [9.17, 15) is 14.9 Å². The maximum Gasteiger partial charge on any atom is 0.294 e. The highest BCUT2D eigenvalue weighted by Crippen LogP contribution is 2.04. The zero-order valence-corrected chi connectivity index (χ0v) is 10.6. The van der Waals surface area contributed by atoms with Gasteiger partial charge in [0.2, 0.25) is 5.91 Å². The van der Waals surface area contributed by atoms with Crippen molar-refractivity contribution < 1.29 is 14.7 Å². The van der Waals surface area contributed by atoms with Gasteiger partial charge in [0.15, 0.2) is 0 Å². The van der Waals surface area contributed by atoms with Crippen LogP contribution in [0.4, 0.5) is 0 Å². The molecule has 0 aliphatic carbocycles. The highest BCUT2D eigenvalue weighted by molar-refractivity contribution is 5.75. The third-order valence-corrected chi connectivity index (χ3v) is 2.02. The Balaban J connectivity index is 3.61. The van der Waals surface area contributed by atoms with Crippen LogP contribution in [-0.2, 0) is 9.63 Å². The summed E-state index contributed by atoms with van der Waals surface area (Å²) in [6.07, 6.45) is 0.858. The first-order chi connectivity index (χ1) is 7.70. The van der Waals surface area contributed by atoms with Crippen LogP contribution < -0.4 is 11.1 Å². The van der Waals surface area contributed by atoms with Gasteiger partial charge in [-0.25, -0.2) is 0 Å². The van der Waals surface area contributed by atoms with Gasteiger partial charge in [-0.3, -0.25) is 4.79 Å². The molecule has 3 N–H and O–H groups in total. The highest BCUT2D eigenvalue weighted by atomic mass is 17.0. The number of nitrogens with zero attached hydrogens (tertiary/aromatic N) is 1. The Morgan fingerprint density at radius 1 is 1.59 bits per heavy atom. The molecule has 0 aliphatic rings. The second-order valence-electron chi connectivity index (χ2n) is 4.80. The summed E-state index contributed by atoms with van der Waals surface area (Å²) in [6.45, 7) is 5.65. The van der Waals surface area contributed by atoms with Crippen LogP contribution in [0.15, 0.2) is 0 Å². The molecule has 0 radical (unpaired) electrons. The first kappa shape index (κ1) is 15.6. The van der Waals surface area contributed by atoms with E-state index in [0.29, 0.717) is 25.8 Å². The fourth-order valence-corrected chi connectivity index (χ4v) is 1.16. The number of hydrogen-bond acceptors (Lipinski definition) is 5. The number of hydrogen-bond donors (Lipinski definition) is 2. The fraction of sp³-hybridized carbons (Fsp3) is 0.900. The Kier molecular flexibility index (Phi) is 6.48. The van der Waals surface area contributed by atoms with Gasteiger partial charge in [0.1, 0.15) is 6.10 Å². The van der Waals surface area contributed by atoms with Crippen LogP contribution >= 0.6 is 0 Å². The van der Waals surface area contributed by atoms with Gasteiger partial charge in [-0.1, -0.05) is 0 Å². The average molecular weight is 247 g/mol. The van der Waals surface area contributed by atoms with Crippen molar-refractivity contribution in [1.29, 1.82) is 0 Å². The second-order valence-corrected chi connectivity index (χ2v) is 4.80. The highest BCUT2D eigenvalue weighted by Gasteiger charge is 2.12. The minimum absolute atomic E-state index is 0.100. The minimum atomic E-state index is -0.818. The molecule has 0 saturated heterocycles. The molecule has 0 aromatic rings. The quantitative estimate of drug-likeness (QED) is 0.482. The van der Waals surface area contributed by atoms with Crippen LogP contribution in [0.2, 0.25) is 0 Å². The molecule has 0 aromatic carbocycles. The van der Waals surface area contributed by atoms with E-state index in [1.54, 1.807) is 6.92 Å². The number of carbonyl (C=O) groups excluding carboxylic acids is 1. The fourth-order valence-electron chi connectivity index (χ4n) is 1.16. The van der Waals surface area contributed by atoms with Crippen LogP contribution in [0.25, 0.3) is 0 Å². The summed E-state index contributed by atoms with van der Waals surface area (Å²) in [5.41, 5.74) is 5.27. The molecule has 17 heavy (non-hydrogen) atoms. The summed E-state index contributed by atoms with van der Waals surface area (Å²) < 4.78 is 0. The van der Waals surface area contributed by atoms with E-state index in [1.165, 1.54) is 0 Å². The summed E-state index contributed by atoms with van der Waals surface area (Å²) in [5, 5.41) is 11.9. The Morgan fingerprint density at radius 3 is 2.65 bits per heavy atom. The van der Waals surface area contributed by atoms with Crippen molar-refractivity contribution in [3.8, 4) is 0 Å². The molecule has 1 unspecified atom stereocenters. The Hall–Kier alpha value is -1.37. The summed E-state index contributed by atoms with van der Waals surface area (Å²) >= 11 is 0. The van der Waals surface area contributed by atoms with Gasteiger partial charge in [-0.05, 0) is 33.6 Å². The summed E-state index contributed by atoms with van der Waals surface area (Å²) in [4.78, 5) is 25.7. The van der Waals surface area contributed by atoms with E-state index in [-0.39, 0.29) is 5.91 Å². The van der Waals surface area contributed by atoms with E-state index in [0.717, 1.165) is 0 Å². The first-order valence-corrected chi connectivity index (χ1v) is 5.57. The molecule has 0 fully saturated rings. The van der Waals surface area contributed by atoms with Crippen LogP contribution in [0, 0.1) is 10.1 Å². The molecule has 7 heteroatoms. The normalized spacial score (nSPS) is 12.9. The molecule has 0 aromatic heterocycles. The number of amides is 1. The lowest BCUT2D eigenvalue weighted by Gasteiger charge is -2.18. The monoisotopic (exact) mass is 247 g/mol. The van der Waals surface area contributed by atoms with Gasteiger partial charge in [0.05, 0.1) is 0 Å². The SMILES string of the molecule is CC(CCCC(=O)NCC(C)(C)N)O[N+](=O)[O-]. The molecular weight excluding hydrogens is 226 g/mol. The van der Waals surface area contributed by atoms with Gasteiger partial charge >= 0.3 is 0 Å². The zero-order valence-electron chi connectivity index (χ0n) is 10.6. The summed E-state index contributed by atoms with van der Waals surface area (Å²) in [5.74, 6) is -0.100. The second kappa shape index (κ2) is 7.05. The number of nitrogens with one attached hydrogen (secondary N) is 1. The van der Waals surface area contributed by atoms with Crippen molar-refractivity contribution in [3.63, 3.8) is 0 Å². The average Bonchev–Trinajstić information content (AvgIpc) is 2.12. The van der Waals surface area contributed by atoms with Gasteiger partial charge in [0, 0.05) is 18.5 Å². The zero-order chi connectivity index (χ0) is 13.5. The van der Waals surface area contributed by atoms with Crippen molar-refractivity contribution in [2.75, 3.05) is 6.54 Å². The summed E-state index contributed by atoms with van der Waals surface area (Å²) in [7, 11) is 0. The Bertz CT molecular complexity index is 263. The van der Waals surface area contributed by atoms with E-state index in [4.69, 9.17) is 5.73 Å². The number of nitrogens with two attached hydrogens (primary N) is 1. The molecule has 1 atom stereocenters. The van der Waals surface area contributed by atoms with Crippen LogP contribution in [0.5, 0.6) is 0 Å². The molecule has 0 rings (SSSR count). The first-order valence-electron chi connectivity index (χ1n) is 5.57. The van der Waals surface area contributed by atoms with E-state index >= 15 is 0 Å². The molecule has 7 nitrogen and oxygen atoms in total. The number of carbonyl (C=O) groups is 1. The Morgan fingerprint density at radius 2 is 2.18 bits per heavy atom. The maximum absolute atomic E-state index is 11.4. The lowest BCUT2D eigenvalue weighted by atomic mass is 10.1.